The molecule has 0 spiro atoms. The summed E-state index contributed by atoms with van der Waals surface area (Å²) in [6.45, 7) is 1.98. The SMILES string of the molecule is CN(C)CCCN(CCC#N)C(=O)c1cc2ccc(Cl)cc2[nH]1. The highest BCUT2D eigenvalue weighted by atomic mass is 35.5. The predicted molar refractivity (Wildman–Crippen MR) is 92.6 cm³/mol. The molecule has 0 fully saturated rings. The summed E-state index contributed by atoms with van der Waals surface area (Å²) in [5.41, 5.74) is 1.37. The molecule has 1 amide bonds. The molecule has 0 radical (unpaired) electrons. The number of hydrogen-bond acceptors (Lipinski definition) is 3. The molecule has 0 saturated carbocycles. The van der Waals surface area contributed by atoms with E-state index in [4.69, 9.17) is 16.9 Å². The Morgan fingerprint density at radius 1 is 1.26 bits per heavy atom. The van der Waals surface area contributed by atoms with Crippen LogP contribution in [0.15, 0.2) is 24.3 Å². The molecule has 0 aliphatic heterocycles. The second-order valence-corrected chi connectivity index (χ2v) is 6.21. The van der Waals surface area contributed by atoms with E-state index in [1.54, 1.807) is 17.0 Å². The molecule has 2 rings (SSSR count). The van der Waals surface area contributed by atoms with Crippen LogP contribution in [-0.4, -0.2) is 54.4 Å². The number of nitriles is 1. The zero-order valence-corrected chi connectivity index (χ0v) is 14.2. The average Bonchev–Trinajstić information content (AvgIpc) is 2.92. The standard InChI is InChI=1S/C17H21ClN4O/c1-21(2)8-4-10-22(9-3-7-19)17(23)16-11-13-5-6-14(18)12-15(13)20-16/h5-6,11-12,20H,3-4,8-10H2,1-2H3. The summed E-state index contributed by atoms with van der Waals surface area (Å²) >= 11 is 5.98. The van der Waals surface area contributed by atoms with Gasteiger partial charge in [0.25, 0.3) is 5.91 Å². The molecule has 0 bridgehead atoms. The van der Waals surface area contributed by atoms with Gasteiger partial charge < -0.3 is 14.8 Å². The Morgan fingerprint density at radius 2 is 2.04 bits per heavy atom. The second kappa shape index (κ2) is 8.00. The maximum Gasteiger partial charge on any atom is 0.270 e. The first-order valence-electron chi connectivity index (χ1n) is 7.60. The van der Waals surface area contributed by atoms with Gasteiger partial charge in [-0.2, -0.15) is 5.26 Å². The van der Waals surface area contributed by atoms with Gasteiger partial charge in [-0.15, -0.1) is 0 Å². The summed E-state index contributed by atoms with van der Waals surface area (Å²) < 4.78 is 0. The number of halogens is 1. The maximum atomic E-state index is 12.7. The fourth-order valence-corrected chi connectivity index (χ4v) is 2.63. The highest BCUT2D eigenvalue weighted by Gasteiger charge is 2.17. The van der Waals surface area contributed by atoms with Crippen LogP contribution in [0.2, 0.25) is 5.02 Å². The van der Waals surface area contributed by atoms with Crippen LogP contribution < -0.4 is 0 Å². The van der Waals surface area contributed by atoms with E-state index in [9.17, 15) is 4.79 Å². The van der Waals surface area contributed by atoms with E-state index in [1.165, 1.54) is 0 Å². The Labute approximate surface area is 141 Å². The molecule has 2 aromatic rings. The van der Waals surface area contributed by atoms with Crippen LogP contribution in [-0.2, 0) is 0 Å². The summed E-state index contributed by atoms with van der Waals surface area (Å²) in [5.74, 6) is -0.0775. The molecule has 0 saturated heterocycles. The highest BCUT2D eigenvalue weighted by Crippen LogP contribution is 2.20. The smallest absolute Gasteiger partial charge is 0.270 e. The number of fused-ring (bicyclic) bond motifs is 1. The zero-order chi connectivity index (χ0) is 16.8. The normalized spacial score (nSPS) is 10.9. The van der Waals surface area contributed by atoms with Gasteiger partial charge in [-0.05, 0) is 45.3 Å². The van der Waals surface area contributed by atoms with Crippen LogP contribution in [0.3, 0.4) is 0 Å². The highest BCUT2D eigenvalue weighted by molar-refractivity contribution is 6.31. The zero-order valence-electron chi connectivity index (χ0n) is 13.5. The van der Waals surface area contributed by atoms with Crippen molar-refractivity contribution in [3.63, 3.8) is 0 Å². The lowest BCUT2D eigenvalue weighted by Gasteiger charge is -2.22. The number of hydrogen-bond donors (Lipinski definition) is 1. The average molecular weight is 333 g/mol. The number of aromatic amines is 1. The number of aromatic nitrogens is 1. The van der Waals surface area contributed by atoms with Gasteiger partial charge in [0.1, 0.15) is 5.69 Å². The fraction of sp³-hybridized carbons (Fsp3) is 0.412. The van der Waals surface area contributed by atoms with Crippen molar-refractivity contribution < 1.29 is 4.79 Å². The van der Waals surface area contributed by atoms with Crippen LogP contribution in [0.25, 0.3) is 10.9 Å². The number of benzene rings is 1. The minimum Gasteiger partial charge on any atom is -0.350 e. The second-order valence-electron chi connectivity index (χ2n) is 5.77. The van der Waals surface area contributed by atoms with Gasteiger partial charge in [-0.3, -0.25) is 4.79 Å². The quantitative estimate of drug-likeness (QED) is 0.847. The fourth-order valence-electron chi connectivity index (χ4n) is 2.46. The van der Waals surface area contributed by atoms with Gasteiger partial charge in [-0.1, -0.05) is 17.7 Å². The summed E-state index contributed by atoms with van der Waals surface area (Å²) in [7, 11) is 4.01. The number of nitrogens with zero attached hydrogens (tertiary/aromatic N) is 3. The first-order chi connectivity index (χ1) is 11.0. The summed E-state index contributed by atoms with van der Waals surface area (Å²) in [6, 6.07) is 9.43. The van der Waals surface area contributed by atoms with Crippen molar-refractivity contribution >= 4 is 28.4 Å². The Hall–Kier alpha value is -2.03. The summed E-state index contributed by atoms with van der Waals surface area (Å²) in [6.07, 6.45) is 1.20. The van der Waals surface area contributed by atoms with Gasteiger partial charge in [0.05, 0.1) is 12.5 Å². The third-order valence-corrected chi connectivity index (χ3v) is 3.86. The van der Waals surface area contributed by atoms with E-state index in [0.29, 0.717) is 30.2 Å². The number of carbonyl (C=O) groups excluding carboxylic acids is 1. The molecule has 1 heterocycles. The maximum absolute atomic E-state index is 12.7. The minimum atomic E-state index is -0.0775. The van der Waals surface area contributed by atoms with Gasteiger partial charge in [0.15, 0.2) is 0 Å². The van der Waals surface area contributed by atoms with Crippen LogP contribution in [0.1, 0.15) is 23.3 Å². The molecule has 1 aromatic heterocycles. The number of amides is 1. The van der Waals surface area contributed by atoms with E-state index in [2.05, 4.69) is 16.0 Å². The lowest BCUT2D eigenvalue weighted by atomic mass is 10.2. The molecule has 1 aromatic carbocycles. The van der Waals surface area contributed by atoms with Crippen molar-refractivity contribution in [1.82, 2.24) is 14.8 Å². The van der Waals surface area contributed by atoms with Crippen LogP contribution in [0.5, 0.6) is 0 Å². The predicted octanol–water partition coefficient (Wildman–Crippen LogP) is 3.13. The Balaban J connectivity index is 2.14. The van der Waals surface area contributed by atoms with E-state index in [-0.39, 0.29) is 5.91 Å². The number of nitrogens with one attached hydrogen (secondary N) is 1. The molecular weight excluding hydrogens is 312 g/mol. The third-order valence-electron chi connectivity index (χ3n) is 3.63. The van der Waals surface area contributed by atoms with Crippen molar-refractivity contribution in [2.75, 3.05) is 33.7 Å². The van der Waals surface area contributed by atoms with Crippen molar-refractivity contribution in [2.24, 2.45) is 0 Å². The molecule has 0 aliphatic carbocycles. The Morgan fingerprint density at radius 3 is 2.74 bits per heavy atom. The largest absolute Gasteiger partial charge is 0.350 e. The Bertz CT molecular complexity index is 717. The molecule has 1 N–H and O–H groups in total. The van der Waals surface area contributed by atoms with Gasteiger partial charge in [0, 0.05) is 29.0 Å². The first kappa shape index (κ1) is 17.3. The van der Waals surface area contributed by atoms with Gasteiger partial charge in [0.2, 0.25) is 0 Å². The van der Waals surface area contributed by atoms with Crippen LogP contribution >= 0.6 is 11.6 Å². The Kier molecular flexibility index (Phi) is 6.03. The molecule has 122 valence electrons. The molecule has 6 heteroatoms. The monoisotopic (exact) mass is 332 g/mol. The molecule has 0 aliphatic rings. The molecule has 5 nitrogen and oxygen atoms in total. The lowest BCUT2D eigenvalue weighted by Crippen LogP contribution is -2.34. The summed E-state index contributed by atoms with van der Waals surface area (Å²) in [5, 5.41) is 10.4. The van der Waals surface area contributed by atoms with Crippen molar-refractivity contribution in [3.8, 4) is 6.07 Å². The van der Waals surface area contributed by atoms with E-state index < -0.39 is 0 Å². The number of H-pyrrole nitrogens is 1. The van der Waals surface area contributed by atoms with Gasteiger partial charge >= 0.3 is 0 Å². The van der Waals surface area contributed by atoms with Crippen LogP contribution in [0.4, 0.5) is 0 Å². The molecule has 23 heavy (non-hydrogen) atoms. The topological polar surface area (TPSA) is 63.1 Å². The van der Waals surface area contributed by atoms with E-state index in [1.807, 2.05) is 26.2 Å². The number of carbonyl (C=O) groups is 1. The summed E-state index contributed by atoms with van der Waals surface area (Å²) in [4.78, 5) is 19.7. The first-order valence-corrected chi connectivity index (χ1v) is 7.98. The van der Waals surface area contributed by atoms with Crippen molar-refractivity contribution in [2.45, 2.75) is 12.8 Å². The third kappa shape index (κ3) is 4.72. The molecule has 0 atom stereocenters. The van der Waals surface area contributed by atoms with Gasteiger partial charge in [-0.25, -0.2) is 0 Å². The van der Waals surface area contributed by atoms with Crippen LogP contribution in [0, 0.1) is 11.3 Å². The number of rotatable bonds is 7. The minimum absolute atomic E-state index is 0.0775. The van der Waals surface area contributed by atoms with Crippen molar-refractivity contribution in [3.05, 3.63) is 35.0 Å². The van der Waals surface area contributed by atoms with Crippen molar-refractivity contribution in [1.29, 1.82) is 5.26 Å². The lowest BCUT2D eigenvalue weighted by molar-refractivity contribution is 0.0749. The van der Waals surface area contributed by atoms with E-state index in [0.717, 1.165) is 23.9 Å². The molecular formula is C17H21ClN4O. The van der Waals surface area contributed by atoms with E-state index >= 15 is 0 Å². The molecule has 0 unspecified atom stereocenters.